The standard InChI is InChI=1S/C7H8BO3/c1-10-7-5-3-2-4-6(7)8-11-9/h2-5,9H,1H3. The van der Waals surface area contributed by atoms with Crippen LogP contribution in [-0.2, 0) is 4.81 Å². The second-order valence-corrected chi connectivity index (χ2v) is 1.97. The first-order valence-electron chi connectivity index (χ1n) is 3.15. The van der Waals surface area contributed by atoms with Gasteiger partial charge < -0.3 is 9.54 Å². The average molecular weight is 151 g/mol. The van der Waals surface area contributed by atoms with Gasteiger partial charge in [0.05, 0.1) is 7.11 Å². The first-order chi connectivity index (χ1) is 5.38. The van der Waals surface area contributed by atoms with E-state index < -0.39 is 0 Å². The summed E-state index contributed by atoms with van der Waals surface area (Å²) in [6, 6.07) is 7.22. The number of rotatable bonds is 3. The molecular weight excluding hydrogens is 143 g/mol. The lowest BCUT2D eigenvalue weighted by Gasteiger charge is -2.03. The molecule has 0 aliphatic carbocycles. The van der Waals surface area contributed by atoms with Gasteiger partial charge in [-0.2, -0.15) is 0 Å². The minimum absolute atomic E-state index is 0.668. The van der Waals surface area contributed by atoms with Gasteiger partial charge in [0.15, 0.2) is 0 Å². The number of hydrogen-bond acceptors (Lipinski definition) is 3. The molecule has 1 N–H and O–H groups in total. The zero-order valence-corrected chi connectivity index (χ0v) is 6.15. The summed E-state index contributed by atoms with van der Waals surface area (Å²) in [4.78, 5) is 3.87. The van der Waals surface area contributed by atoms with Crippen LogP contribution in [0.25, 0.3) is 0 Å². The Hall–Kier alpha value is -0.995. The van der Waals surface area contributed by atoms with Crippen LogP contribution in [0.5, 0.6) is 5.75 Å². The van der Waals surface area contributed by atoms with Gasteiger partial charge >= 0.3 is 7.48 Å². The van der Waals surface area contributed by atoms with Gasteiger partial charge in [-0.1, -0.05) is 18.2 Å². The maximum absolute atomic E-state index is 8.13. The van der Waals surface area contributed by atoms with Crippen molar-refractivity contribution in [1.29, 1.82) is 0 Å². The van der Waals surface area contributed by atoms with Gasteiger partial charge in [0.25, 0.3) is 0 Å². The van der Waals surface area contributed by atoms with E-state index in [9.17, 15) is 0 Å². The number of para-hydroxylation sites is 1. The summed E-state index contributed by atoms with van der Waals surface area (Å²) in [5.74, 6) is 0.668. The Morgan fingerprint density at radius 2 is 2.09 bits per heavy atom. The summed E-state index contributed by atoms with van der Waals surface area (Å²) in [6.45, 7) is 0. The van der Waals surface area contributed by atoms with E-state index in [1.54, 1.807) is 19.2 Å². The normalized spacial score (nSPS) is 9.27. The van der Waals surface area contributed by atoms with Crippen LogP contribution in [0, 0.1) is 0 Å². The van der Waals surface area contributed by atoms with Crippen LogP contribution in [0.2, 0.25) is 0 Å². The monoisotopic (exact) mass is 151 g/mol. The predicted molar refractivity (Wildman–Crippen MR) is 42.1 cm³/mol. The Morgan fingerprint density at radius 3 is 2.73 bits per heavy atom. The molecule has 0 spiro atoms. The lowest BCUT2D eigenvalue weighted by Crippen LogP contribution is -2.18. The molecule has 0 fully saturated rings. The third-order valence-electron chi connectivity index (χ3n) is 1.32. The molecule has 0 aliphatic heterocycles. The number of ether oxygens (including phenoxy) is 1. The molecular formula is C7H8BO3. The van der Waals surface area contributed by atoms with E-state index in [0.29, 0.717) is 11.2 Å². The topological polar surface area (TPSA) is 38.7 Å². The van der Waals surface area contributed by atoms with E-state index in [2.05, 4.69) is 4.81 Å². The van der Waals surface area contributed by atoms with Crippen molar-refractivity contribution in [3.05, 3.63) is 24.3 Å². The highest BCUT2D eigenvalue weighted by Crippen LogP contribution is 2.03. The zero-order valence-electron chi connectivity index (χ0n) is 6.15. The highest BCUT2D eigenvalue weighted by molar-refractivity contribution is 6.48. The van der Waals surface area contributed by atoms with Crippen LogP contribution < -0.4 is 10.2 Å². The van der Waals surface area contributed by atoms with Crippen LogP contribution in [0.1, 0.15) is 0 Å². The molecule has 11 heavy (non-hydrogen) atoms. The molecule has 0 saturated carbocycles. The molecule has 0 heterocycles. The fraction of sp³-hybridized carbons (Fsp3) is 0.143. The molecule has 0 aromatic heterocycles. The molecule has 0 unspecified atom stereocenters. The summed E-state index contributed by atoms with van der Waals surface area (Å²) in [5.41, 5.74) is 0.706. The number of benzene rings is 1. The Morgan fingerprint density at radius 1 is 1.36 bits per heavy atom. The molecule has 3 nitrogen and oxygen atoms in total. The summed E-state index contributed by atoms with van der Waals surface area (Å²) in [6.07, 6.45) is 0. The third kappa shape index (κ3) is 1.96. The van der Waals surface area contributed by atoms with Gasteiger partial charge in [0.2, 0.25) is 0 Å². The van der Waals surface area contributed by atoms with Crippen molar-refractivity contribution >= 4 is 12.9 Å². The van der Waals surface area contributed by atoms with E-state index in [4.69, 9.17) is 9.99 Å². The predicted octanol–water partition coefficient (Wildman–Crippen LogP) is 0.429. The van der Waals surface area contributed by atoms with Crippen LogP contribution in [0.3, 0.4) is 0 Å². The molecule has 4 heteroatoms. The molecule has 1 aromatic carbocycles. The minimum atomic E-state index is 0.668. The summed E-state index contributed by atoms with van der Waals surface area (Å²) in [7, 11) is 2.77. The molecule has 0 saturated heterocycles. The van der Waals surface area contributed by atoms with E-state index in [0.717, 1.165) is 0 Å². The quantitative estimate of drug-likeness (QED) is 0.386. The molecule has 0 bridgehead atoms. The van der Waals surface area contributed by atoms with E-state index in [-0.39, 0.29) is 0 Å². The average Bonchev–Trinajstić information content (AvgIpc) is 2.06. The largest absolute Gasteiger partial charge is 0.497 e. The maximum atomic E-state index is 8.13. The van der Waals surface area contributed by atoms with Crippen molar-refractivity contribution in [3.8, 4) is 5.75 Å². The minimum Gasteiger partial charge on any atom is -0.497 e. The highest BCUT2D eigenvalue weighted by atomic mass is 17.1. The van der Waals surface area contributed by atoms with Crippen LogP contribution in [-0.4, -0.2) is 19.8 Å². The van der Waals surface area contributed by atoms with Crippen molar-refractivity contribution in [3.63, 3.8) is 0 Å². The van der Waals surface area contributed by atoms with E-state index in [1.165, 1.54) is 7.48 Å². The van der Waals surface area contributed by atoms with Gasteiger partial charge in [-0.15, -0.1) is 0 Å². The smallest absolute Gasteiger partial charge is 0.385 e. The fourth-order valence-corrected chi connectivity index (χ4v) is 0.821. The van der Waals surface area contributed by atoms with Gasteiger partial charge in [-0.3, -0.25) is 5.26 Å². The highest BCUT2D eigenvalue weighted by Gasteiger charge is 2.02. The van der Waals surface area contributed by atoms with Crippen molar-refractivity contribution in [2.45, 2.75) is 0 Å². The summed E-state index contributed by atoms with van der Waals surface area (Å²) < 4.78 is 4.98. The lowest BCUT2D eigenvalue weighted by molar-refractivity contribution is -0.135. The van der Waals surface area contributed by atoms with Gasteiger partial charge in [0, 0.05) is 0 Å². The van der Waals surface area contributed by atoms with Crippen molar-refractivity contribution in [1.82, 2.24) is 0 Å². The number of methoxy groups -OCH3 is 1. The molecule has 1 aromatic rings. The zero-order chi connectivity index (χ0) is 8.10. The molecule has 0 aliphatic rings. The van der Waals surface area contributed by atoms with E-state index >= 15 is 0 Å². The van der Waals surface area contributed by atoms with Gasteiger partial charge in [0.1, 0.15) is 5.75 Å². The third-order valence-corrected chi connectivity index (χ3v) is 1.32. The maximum Gasteiger partial charge on any atom is 0.385 e. The van der Waals surface area contributed by atoms with Crippen LogP contribution >= 0.6 is 0 Å². The molecule has 0 atom stereocenters. The first kappa shape index (κ1) is 8.10. The molecule has 57 valence electrons. The Balaban J connectivity index is 2.83. The second kappa shape index (κ2) is 4.00. The Kier molecular flexibility index (Phi) is 2.95. The van der Waals surface area contributed by atoms with Gasteiger partial charge in [-0.25, -0.2) is 0 Å². The summed E-state index contributed by atoms with van der Waals surface area (Å²) in [5, 5.41) is 8.13. The van der Waals surface area contributed by atoms with Crippen molar-refractivity contribution in [2.75, 3.05) is 7.11 Å². The van der Waals surface area contributed by atoms with Crippen LogP contribution in [0.4, 0.5) is 0 Å². The molecule has 1 rings (SSSR count). The van der Waals surface area contributed by atoms with Crippen molar-refractivity contribution in [2.24, 2.45) is 0 Å². The Bertz CT molecular complexity index is 227. The first-order valence-corrected chi connectivity index (χ1v) is 3.15. The molecule has 1 radical (unpaired) electrons. The number of hydrogen-bond donors (Lipinski definition) is 1. The van der Waals surface area contributed by atoms with Crippen LogP contribution in [0.15, 0.2) is 24.3 Å². The van der Waals surface area contributed by atoms with E-state index in [1.807, 2.05) is 12.1 Å². The summed E-state index contributed by atoms with van der Waals surface area (Å²) >= 11 is 0. The fourth-order valence-electron chi connectivity index (χ4n) is 0.821. The molecule has 0 amide bonds. The lowest BCUT2D eigenvalue weighted by atomic mass is 9.88. The Labute approximate surface area is 65.8 Å². The second-order valence-electron chi connectivity index (χ2n) is 1.97. The SMILES string of the molecule is COc1ccccc1[B]OO. The van der Waals surface area contributed by atoms with Crippen molar-refractivity contribution < 1.29 is 14.8 Å². The van der Waals surface area contributed by atoms with Gasteiger partial charge in [-0.05, 0) is 11.5 Å².